The summed E-state index contributed by atoms with van der Waals surface area (Å²) in [5, 5.41) is 7.39. The van der Waals surface area contributed by atoms with Gasteiger partial charge in [0.2, 0.25) is 0 Å². The molecule has 1 aromatic carbocycles. The molecule has 2 aromatic rings. The zero-order valence-electron chi connectivity index (χ0n) is 17.4. The van der Waals surface area contributed by atoms with Gasteiger partial charge in [0.25, 0.3) is 0 Å². The molecule has 1 aromatic heterocycles. The molecule has 9 heteroatoms. The molecule has 0 aliphatic rings. The predicted octanol–water partition coefficient (Wildman–Crippen LogP) is 3.86. The number of aryl methyl sites for hydroxylation is 1. The maximum absolute atomic E-state index is 12.0. The van der Waals surface area contributed by atoms with Gasteiger partial charge in [-0.05, 0) is 26.3 Å². The lowest BCUT2D eigenvalue weighted by molar-refractivity contribution is 0.0531. The van der Waals surface area contributed by atoms with Gasteiger partial charge < -0.3 is 20.1 Å². The van der Waals surface area contributed by atoms with E-state index in [4.69, 9.17) is 9.47 Å². The average molecular weight is 532 g/mol. The second-order valence-electron chi connectivity index (χ2n) is 6.14. The van der Waals surface area contributed by atoms with Crippen LogP contribution in [0.5, 0.6) is 0 Å². The molecule has 2 unspecified atom stereocenters. The van der Waals surface area contributed by atoms with Crippen LogP contribution in [0.25, 0.3) is 0 Å². The molecular weight excluding hydrogens is 503 g/mol. The van der Waals surface area contributed by atoms with Crippen LogP contribution in [0, 0.1) is 6.92 Å². The Balaban J connectivity index is 0.00000420. The maximum Gasteiger partial charge on any atom is 0.350 e. The van der Waals surface area contributed by atoms with Crippen molar-refractivity contribution in [2.45, 2.75) is 32.9 Å². The van der Waals surface area contributed by atoms with Crippen LogP contribution in [-0.4, -0.2) is 44.2 Å². The number of ether oxygens (including phenoxy) is 2. The van der Waals surface area contributed by atoms with E-state index in [1.54, 1.807) is 21.1 Å². The van der Waals surface area contributed by atoms with Crippen molar-refractivity contribution >= 4 is 47.2 Å². The Hall–Kier alpha value is -1.72. The Bertz CT molecular complexity index is 798. The number of nitrogens with one attached hydrogen (secondary N) is 2. The van der Waals surface area contributed by atoms with Crippen LogP contribution in [0.3, 0.4) is 0 Å². The fourth-order valence-electron chi connectivity index (χ4n) is 2.64. The lowest BCUT2D eigenvalue weighted by Crippen LogP contribution is -2.40. The molecule has 0 spiro atoms. The van der Waals surface area contributed by atoms with Gasteiger partial charge in [0.1, 0.15) is 9.88 Å². The SMILES string of the molecule is CCOC(=O)c1sc(C(C)NC(=NC)NCC(OC)c2ccccc2)nc1C.I. The second-order valence-corrected chi connectivity index (χ2v) is 7.17. The highest BCUT2D eigenvalue weighted by molar-refractivity contribution is 14.0. The van der Waals surface area contributed by atoms with Crippen LogP contribution in [0.1, 0.15) is 51.9 Å². The van der Waals surface area contributed by atoms with Crippen molar-refractivity contribution in [1.82, 2.24) is 15.6 Å². The van der Waals surface area contributed by atoms with Crippen molar-refractivity contribution < 1.29 is 14.3 Å². The standard InChI is InChI=1S/C20H28N4O3S.HI/c1-6-27-19(25)17-13(2)23-18(28-17)14(3)24-20(21-4)22-12-16(26-5)15-10-8-7-9-11-15;/h7-11,14,16H,6,12H2,1-5H3,(H2,21,22,24);1H. The van der Waals surface area contributed by atoms with E-state index in [2.05, 4.69) is 20.6 Å². The second kappa shape index (κ2) is 12.8. The molecule has 0 saturated carbocycles. The lowest BCUT2D eigenvalue weighted by Gasteiger charge is -2.20. The minimum atomic E-state index is -0.329. The first kappa shape index (κ1) is 25.3. The number of nitrogens with zero attached hydrogens (tertiary/aromatic N) is 2. The molecule has 2 rings (SSSR count). The maximum atomic E-state index is 12.0. The van der Waals surface area contributed by atoms with Crippen LogP contribution in [0.4, 0.5) is 0 Å². The van der Waals surface area contributed by atoms with Crippen molar-refractivity contribution in [2.75, 3.05) is 27.3 Å². The number of guanidine groups is 1. The molecule has 2 atom stereocenters. The third kappa shape index (κ3) is 7.23. The zero-order chi connectivity index (χ0) is 20.5. The Morgan fingerprint density at radius 2 is 2.00 bits per heavy atom. The van der Waals surface area contributed by atoms with E-state index >= 15 is 0 Å². The van der Waals surface area contributed by atoms with E-state index in [1.165, 1.54) is 11.3 Å². The quantitative estimate of drug-likeness (QED) is 0.233. The monoisotopic (exact) mass is 532 g/mol. The molecule has 160 valence electrons. The number of hydrogen-bond donors (Lipinski definition) is 2. The number of aromatic nitrogens is 1. The number of carbonyl (C=O) groups is 1. The molecule has 0 aliphatic carbocycles. The highest BCUT2D eigenvalue weighted by Crippen LogP contribution is 2.24. The smallest absolute Gasteiger partial charge is 0.350 e. The van der Waals surface area contributed by atoms with E-state index in [9.17, 15) is 4.79 Å². The number of aliphatic imine (C=N–C) groups is 1. The van der Waals surface area contributed by atoms with Gasteiger partial charge in [-0.3, -0.25) is 4.99 Å². The Morgan fingerprint density at radius 1 is 1.31 bits per heavy atom. The van der Waals surface area contributed by atoms with Crippen molar-refractivity contribution in [2.24, 2.45) is 4.99 Å². The van der Waals surface area contributed by atoms with Crippen molar-refractivity contribution in [3.8, 4) is 0 Å². The third-order valence-corrected chi connectivity index (χ3v) is 5.45. The summed E-state index contributed by atoms with van der Waals surface area (Å²) in [6.45, 7) is 6.49. The normalized spacial score (nSPS) is 13.2. The van der Waals surface area contributed by atoms with Crippen LogP contribution in [-0.2, 0) is 9.47 Å². The van der Waals surface area contributed by atoms with E-state index in [0.29, 0.717) is 29.7 Å². The molecule has 1 heterocycles. The fraction of sp³-hybridized carbons (Fsp3) is 0.450. The van der Waals surface area contributed by atoms with Crippen molar-refractivity contribution in [1.29, 1.82) is 0 Å². The summed E-state index contributed by atoms with van der Waals surface area (Å²) >= 11 is 1.34. The summed E-state index contributed by atoms with van der Waals surface area (Å²) < 4.78 is 10.7. The Kier molecular flexibility index (Phi) is 11.1. The Morgan fingerprint density at radius 3 is 2.59 bits per heavy atom. The van der Waals surface area contributed by atoms with Gasteiger partial charge in [0, 0.05) is 20.7 Å². The zero-order valence-corrected chi connectivity index (χ0v) is 20.5. The van der Waals surface area contributed by atoms with E-state index < -0.39 is 0 Å². The third-order valence-electron chi connectivity index (χ3n) is 4.13. The van der Waals surface area contributed by atoms with Gasteiger partial charge >= 0.3 is 5.97 Å². The summed E-state index contributed by atoms with van der Waals surface area (Å²) in [5.74, 6) is 0.306. The van der Waals surface area contributed by atoms with E-state index in [0.717, 1.165) is 10.6 Å². The molecule has 0 fully saturated rings. The van der Waals surface area contributed by atoms with E-state index in [-0.39, 0.29) is 42.1 Å². The highest BCUT2D eigenvalue weighted by atomic mass is 127. The van der Waals surface area contributed by atoms with Gasteiger partial charge in [-0.15, -0.1) is 35.3 Å². The highest BCUT2D eigenvalue weighted by Gasteiger charge is 2.20. The molecule has 2 N–H and O–H groups in total. The summed E-state index contributed by atoms with van der Waals surface area (Å²) in [4.78, 5) is 21.3. The number of rotatable bonds is 8. The van der Waals surface area contributed by atoms with Gasteiger partial charge in [-0.1, -0.05) is 30.3 Å². The number of hydrogen-bond acceptors (Lipinski definition) is 6. The largest absolute Gasteiger partial charge is 0.462 e. The van der Waals surface area contributed by atoms with Crippen LogP contribution in [0.15, 0.2) is 35.3 Å². The molecule has 0 aliphatic heterocycles. The average Bonchev–Trinajstić information content (AvgIpc) is 3.10. The van der Waals surface area contributed by atoms with Gasteiger partial charge in [-0.25, -0.2) is 9.78 Å². The fourth-order valence-corrected chi connectivity index (χ4v) is 3.61. The van der Waals surface area contributed by atoms with Crippen LogP contribution in [0.2, 0.25) is 0 Å². The van der Waals surface area contributed by atoms with Crippen LogP contribution >= 0.6 is 35.3 Å². The summed E-state index contributed by atoms with van der Waals surface area (Å²) in [5.41, 5.74) is 1.77. The molecular formula is C20H29IN4O3S. The number of benzene rings is 1. The molecule has 7 nitrogen and oxygen atoms in total. The van der Waals surface area contributed by atoms with Crippen LogP contribution < -0.4 is 10.6 Å². The first-order valence-electron chi connectivity index (χ1n) is 9.19. The number of methoxy groups -OCH3 is 1. The summed E-state index contributed by atoms with van der Waals surface area (Å²) in [6.07, 6.45) is -0.0902. The number of thiazole rings is 1. The molecule has 0 radical (unpaired) electrons. The molecule has 29 heavy (non-hydrogen) atoms. The van der Waals surface area contributed by atoms with Gasteiger partial charge in [-0.2, -0.15) is 0 Å². The predicted molar refractivity (Wildman–Crippen MR) is 127 cm³/mol. The Labute approximate surface area is 193 Å². The molecule has 0 saturated heterocycles. The lowest BCUT2D eigenvalue weighted by atomic mass is 10.1. The summed E-state index contributed by atoms with van der Waals surface area (Å²) in [7, 11) is 3.40. The topological polar surface area (TPSA) is 84.8 Å². The van der Waals surface area contributed by atoms with Gasteiger partial charge in [0.05, 0.1) is 24.4 Å². The number of halogens is 1. The summed E-state index contributed by atoms with van der Waals surface area (Å²) in [6, 6.07) is 9.90. The van der Waals surface area contributed by atoms with E-state index in [1.807, 2.05) is 44.2 Å². The minimum Gasteiger partial charge on any atom is -0.462 e. The van der Waals surface area contributed by atoms with Crippen molar-refractivity contribution in [3.05, 3.63) is 51.5 Å². The first-order chi connectivity index (χ1) is 13.5. The molecule has 0 amide bonds. The number of carbonyl (C=O) groups excluding carboxylic acids is 1. The van der Waals surface area contributed by atoms with Crippen molar-refractivity contribution in [3.63, 3.8) is 0 Å². The van der Waals surface area contributed by atoms with Gasteiger partial charge in [0.15, 0.2) is 5.96 Å². The minimum absolute atomic E-state index is 0. The number of esters is 1. The molecule has 0 bridgehead atoms. The first-order valence-corrected chi connectivity index (χ1v) is 10.0.